The van der Waals surface area contributed by atoms with E-state index in [4.69, 9.17) is 0 Å². The van der Waals surface area contributed by atoms with Crippen molar-refractivity contribution in [2.45, 2.75) is 72.3 Å². The third kappa shape index (κ3) is 4.70. The van der Waals surface area contributed by atoms with Gasteiger partial charge in [0, 0.05) is 26.5 Å². The highest BCUT2D eigenvalue weighted by molar-refractivity contribution is 5.78. The second kappa shape index (κ2) is 7.13. The summed E-state index contributed by atoms with van der Waals surface area (Å²) in [5, 5.41) is 3.28. The molecule has 1 aliphatic heterocycles. The van der Waals surface area contributed by atoms with Crippen molar-refractivity contribution in [3.05, 3.63) is 0 Å². The average Bonchev–Trinajstić information content (AvgIpc) is 3.21. The smallest absolute Gasteiger partial charge is 0.222 e. The van der Waals surface area contributed by atoms with Gasteiger partial charge < -0.3 is 10.2 Å². The van der Waals surface area contributed by atoms with Crippen LogP contribution in [0.1, 0.15) is 67.6 Å². The van der Waals surface area contributed by atoms with Crippen LogP contribution in [0.25, 0.3) is 0 Å². The largest absolute Gasteiger partial charge is 0.353 e. The van der Waals surface area contributed by atoms with Gasteiger partial charge >= 0.3 is 0 Å². The zero-order valence-electron chi connectivity index (χ0n) is 14.5. The molecule has 1 amide bonds. The van der Waals surface area contributed by atoms with Gasteiger partial charge in [-0.15, -0.1) is 0 Å². The Labute approximate surface area is 132 Å². The highest BCUT2D eigenvalue weighted by atomic mass is 16.1. The maximum atomic E-state index is 12.0. The molecular weight excluding hydrogens is 260 g/mol. The van der Waals surface area contributed by atoms with Crippen LogP contribution in [-0.4, -0.2) is 36.5 Å². The zero-order valence-corrected chi connectivity index (χ0v) is 14.5. The Morgan fingerprint density at radius 1 is 1.29 bits per heavy atom. The molecule has 1 spiro atoms. The molecule has 0 aromatic carbocycles. The molecule has 0 aromatic heterocycles. The Hall–Kier alpha value is -0.570. The fraction of sp³-hybridized carbons (Fsp3) is 0.944. The first-order valence-electron chi connectivity index (χ1n) is 8.98. The molecule has 0 radical (unpaired) electrons. The fourth-order valence-electron chi connectivity index (χ4n) is 3.54. The molecule has 2 atom stereocenters. The third-order valence-corrected chi connectivity index (χ3v) is 5.64. The van der Waals surface area contributed by atoms with E-state index >= 15 is 0 Å². The van der Waals surface area contributed by atoms with Crippen LogP contribution in [0.2, 0.25) is 0 Å². The van der Waals surface area contributed by atoms with Gasteiger partial charge in [0.05, 0.1) is 0 Å². The topological polar surface area (TPSA) is 32.3 Å². The predicted molar refractivity (Wildman–Crippen MR) is 90.3 cm³/mol. The van der Waals surface area contributed by atoms with E-state index in [0.717, 1.165) is 19.4 Å². The van der Waals surface area contributed by atoms with Crippen molar-refractivity contribution in [2.24, 2.45) is 17.3 Å². The van der Waals surface area contributed by atoms with E-state index in [9.17, 15) is 4.79 Å². The van der Waals surface area contributed by atoms with E-state index < -0.39 is 0 Å². The van der Waals surface area contributed by atoms with Gasteiger partial charge in [0.25, 0.3) is 0 Å². The highest BCUT2D eigenvalue weighted by Gasteiger charge is 2.45. The maximum absolute atomic E-state index is 12.0. The number of nitrogens with one attached hydrogen (secondary N) is 1. The van der Waals surface area contributed by atoms with E-state index in [2.05, 4.69) is 24.1 Å². The van der Waals surface area contributed by atoms with Crippen molar-refractivity contribution in [3.8, 4) is 0 Å². The summed E-state index contributed by atoms with van der Waals surface area (Å²) in [5.41, 5.74) is 0.700. The lowest BCUT2D eigenvalue weighted by Gasteiger charge is -2.35. The number of amides is 1. The lowest BCUT2D eigenvalue weighted by atomic mass is 9.92. The summed E-state index contributed by atoms with van der Waals surface area (Å²) in [7, 11) is 0. The lowest BCUT2D eigenvalue weighted by molar-refractivity contribution is -0.125. The Balaban J connectivity index is 0.00000242. The number of carbonyl (C=O) groups excluding carboxylic acids is 1. The number of carbonyl (C=O) groups is 1. The van der Waals surface area contributed by atoms with Gasteiger partial charge in [0.1, 0.15) is 0 Å². The molecule has 1 N–H and O–H groups in total. The number of hydrogen-bond donors (Lipinski definition) is 1. The van der Waals surface area contributed by atoms with E-state index in [1.54, 1.807) is 0 Å². The van der Waals surface area contributed by atoms with Gasteiger partial charge in [0.15, 0.2) is 0 Å². The highest BCUT2D eigenvalue weighted by Crippen LogP contribution is 2.51. The van der Waals surface area contributed by atoms with Crippen molar-refractivity contribution < 1.29 is 6.22 Å². The number of hydrogen-bond acceptors (Lipinski definition) is 2. The molecule has 1 unspecified atom stereocenters. The van der Waals surface area contributed by atoms with Crippen LogP contribution < -0.4 is 5.32 Å². The first-order chi connectivity index (χ1) is 9.96. The standard InChI is InChI=1S/C18H34N2O.H2/c1-5-15(4)16(19-17(21)14(2)3)7-12-20-11-6-8-18(13-20)9-10-18;/h14-16H,5-13H2,1-4H3,(H,19,21);1H/t15?,16-;/m0./s1. The second-order valence-corrected chi connectivity index (χ2v) is 7.82. The summed E-state index contributed by atoms with van der Waals surface area (Å²) < 4.78 is 0. The fourth-order valence-corrected chi connectivity index (χ4v) is 3.54. The van der Waals surface area contributed by atoms with E-state index in [1.165, 1.54) is 38.8 Å². The molecule has 2 fully saturated rings. The van der Waals surface area contributed by atoms with Crippen molar-refractivity contribution in [1.82, 2.24) is 10.2 Å². The first-order valence-corrected chi connectivity index (χ1v) is 8.98. The molecule has 3 nitrogen and oxygen atoms in total. The molecular formula is C18H36N2O. The van der Waals surface area contributed by atoms with Gasteiger partial charge in [-0.3, -0.25) is 4.79 Å². The lowest BCUT2D eigenvalue weighted by Crippen LogP contribution is -2.45. The van der Waals surface area contributed by atoms with Crippen LogP contribution in [0.5, 0.6) is 0 Å². The van der Waals surface area contributed by atoms with Gasteiger partial charge in [0.2, 0.25) is 5.91 Å². The molecule has 1 saturated heterocycles. The predicted octanol–water partition coefficient (Wildman–Crippen LogP) is 3.69. The van der Waals surface area contributed by atoms with Crippen molar-refractivity contribution >= 4 is 5.91 Å². The molecule has 1 heterocycles. The van der Waals surface area contributed by atoms with Crippen molar-refractivity contribution in [2.75, 3.05) is 19.6 Å². The minimum absolute atomic E-state index is 0. The van der Waals surface area contributed by atoms with Gasteiger partial charge in [-0.25, -0.2) is 0 Å². The summed E-state index contributed by atoms with van der Waals surface area (Å²) in [6.45, 7) is 12.2. The quantitative estimate of drug-likeness (QED) is 0.777. The van der Waals surface area contributed by atoms with Crippen LogP contribution in [0, 0.1) is 17.3 Å². The number of likely N-dealkylation sites (tertiary alicyclic amines) is 1. The summed E-state index contributed by atoms with van der Waals surface area (Å²) in [6, 6.07) is 0.335. The third-order valence-electron chi connectivity index (χ3n) is 5.64. The Morgan fingerprint density at radius 3 is 2.57 bits per heavy atom. The van der Waals surface area contributed by atoms with Crippen LogP contribution in [-0.2, 0) is 4.79 Å². The summed E-state index contributed by atoms with van der Waals surface area (Å²) in [5.74, 6) is 0.853. The molecule has 124 valence electrons. The number of rotatable bonds is 7. The summed E-state index contributed by atoms with van der Waals surface area (Å²) >= 11 is 0. The number of piperidine rings is 1. The molecule has 0 bridgehead atoms. The van der Waals surface area contributed by atoms with Gasteiger partial charge in [-0.1, -0.05) is 34.1 Å². The van der Waals surface area contributed by atoms with Gasteiger partial charge in [-0.2, -0.15) is 0 Å². The van der Waals surface area contributed by atoms with Crippen LogP contribution in [0.3, 0.4) is 0 Å². The van der Waals surface area contributed by atoms with Crippen LogP contribution in [0.4, 0.5) is 0 Å². The Kier molecular flexibility index (Phi) is 5.70. The second-order valence-electron chi connectivity index (χ2n) is 7.82. The molecule has 0 aromatic rings. The minimum atomic E-state index is 0. The SMILES string of the molecule is CCC(C)[C@H](CCN1CCCC2(CC2)C1)NC(=O)C(C)C.[HH]. The summed E-state index contributed by atoms with van der Waals surface area (Å²) in [4.78, 5) is 14.7. The number of nitrogens with zero attached hydrogens (tertiary/aromatic N) is 1. The summed E-state index contributed by atoms with van der Waals surface area (Å²) in [6.07, 6.45) is 7.94. The monoisotopic (exact) mass is 296 g/mol. The minimum Gasteiger partial charge on any atom is -0.353 e. The first kappa shape index (κ1) is 16.8. The Bertz CT molecular complexity index is 355. The Morgan fingerprint density at radius 2 is 2.00 bits per heavy atom. The average molecular weight is 296 g/mol. The van der Waals surface area contributed by atoms with Crippen molar-refractivity contribution in [1.29, 1.82) is 0 Å². The van der Waals surface area contributed by atoms with Crippen LogP contribution in [0.15, 0.2) is 0 Å². The molecule has 1 aliphatic carbocycles. The molecule has 3 heteroatoms. The van der Waals surface area contributed by atoms with Crippen molar-refractivity contribution in [3.63, 3.8) is 0 Å². The zero-order chi connectivity index (χ0) is 15.5. The molecule has 1 saturated carbocycles. The van der Waals surface area contributed by atoms with E-state index in [-0.39, 0.29) is 13.3 Å². The van der Waals surface area contributed by atoms with Crippen LogP contribution >= 0.6 is 0 Å². The van der Waals surface area contributed by atoms with E-state index in [1.807, 2.05) is 13.8 Å². The molecule has 21 heavy (non-hydrogen) atoms. The normalized spacial score (nSPS) is 24.0. The molecule has 2 rings (SSSR count). The van der Waals surface area contributed by atoms with E-state index in [0.29, 0.717) is 17.4 Å². The van der Waals surface area contributed by atoms with Gasteiger partial charge in [-0.05, 0) is 50.0 Å². The maximum Gasteiger partial charge on any atom is 0.222 e. The molecule has 2 aliphatic rings.